The third kappa shape index (κ3) is 18.0. The maximum absolute atomic E-state index is 11.9. The highest BCUT2D eigenvalue weighted by molar-refractivity contribution is 7.46. The standard InChI is InChI=1S/C18H33N2O7P/c1-4-15-26-18(22)19-12-8-5-6-10-17(21)11-7-9-13-20(2,3)14-16-27-28(23,24)25/h1H,5-16H2,2-3H3,(H2-,19,22,23,24,25)/p+1. The number of nitrogens with one attached hydrogen (secondary N) is 1. The van der Waals surface area contributed by atoms with Crippen molar-refractivity contribution in [3.05, 3.63) is 0 Å². The fraction of sp³-hybridized carbons (Fsp3) is 0.778. The molecule has 0 unspecified atom stereocenters. The van der Waals surface area contributed by atoms with Gasteiger partial charge in [0.25, 0.3) is 0 Å². The van der Waals surface area contributed by atoms with Gasteiger partial charge in [-0.1, -0.05) is 12.3 Å². The van der Waals surface area contributed by atoms with Crippen LogP contribution < -0.4 is 5.32 Å². The molecule has 0 radical (unpaired) electrons. The van der Waals surface area contributed by atoms with E-state index in [4.69, 9.17) is 16.2 Å². The Hall–Kier alpha value is -1.43. The van der Waals surface area contributed by atoms with Gasteiger partial charge >= 0.3 is 13.9 Å². The Morgan fingerprint density at radius 2 is 1.71 bits per heavy atom. The van der Waals surface area contributed by atoms with Crippen LogP contribution >= 0.6 is 7.82 Å². The number of amides is 1. The molecule has 0 aliphatic carbocycles. The second-order valence-electron chi connectivity index (χ2n) is 7.22. The Balaban J connectivity index is 3.63. The lowest BCUT2D eigenvalue weighted by molar-refractivity contribution is -0.890. The van der Waals surface area contributed by atoms with Gasteiger partial charge < -0.3 is 24.3 Å². The topological polar surface area (TPSA) is 122 Å². The van der Waals surface area contributed by atoms with Gasteiger partial charge in [0.05, 0.1) is 20.6 Å². The number of hydrogen-bond acceptors (Lipinski definition) is 5. The minimum atomic E-state index is -4.41. The Kier molecular flexibility index (Phi) is 13.8. The number of phosphoric ester groups is 1. The van der Waals surface area contributed by atoms with E-state index in [0.29, 0.717) is 30.4 Å². The van der Waals surface area contributed by atoms with Crippen molar-refractivity contribution >= 4 is 19.7 Å². The van der Waals surface area contributed by atoms with Gasteiger partial charge in [0, 0.05) is 19.4 Å². The van der Waals surface area contributed by atoms with Crippen LogP contribution in [0.3, 0.4) is 0 Å². The van der Waals surface area contributed by atoms with Crippen LogP contribution in [0.4, 0.5) is 4.79 Å². The number of ether oxygens (including phenoxy) is 1. The van der Waals surface area contributed by atoms with E-state index in [0.717, 1.165) is 38.6 Å². The molecular formula is C18H34N2O7P+. The molecule has 162 valence electrons. The SMILES string of the molecule is C#CCOC(=O)NCCCCCC(=O)CCCC[N+](C)(C)CCOP(=O)(O)O. The van der Waals surface area contributed by atoms with E-state index in [1.165, 1.54) is 0 Å². The zero-order valence-electron chi connectivity index (χ0n) is 16.9. The number of hydrogen-bond donors (Lipinski definition) is 3. The lowest BCUT2D eigenvalue weighted by Gasteiger charge is -2.29. The molecule has 3 N–H and O–H groups in total. The van der Waals surface area contributed by atoms with E-state index in [-0.39, 0.29) is 19.0 Å². The van der Waals surface area contributed by atoms with Gasteiger partial charge in [0.15, 0.2) is 6.61 Å². The number of nitrogens with zero attached hydrogens (tertiary/aromatic N) is 1. The number of ketones is 1. The summed E-state index contributed by atoms with van der Waals surface area (Å²) in [7, 11) is -0.494. The predicted molar refractivity (Wildman–Crippen MR) is 105 cm³/mol. The number of carbonyl (C=O) groups is 2. The Morgan fingerprint density at radius 3 is 2.32 bits per heavy atom. The summed E-state index contributed by atoms with van der Waals surface area (Å²) in [5.74, 6) is 2.44. The first kappa shape index (κ1) is 26.6. The molecular weight excluding hydrogens is 387 g/mol. The lowest BCUT2D eigenvalue weighted by atomic mass is 10.1. The number of quaternary nitrogens is 1. The zero-order valence-corrected chi connectivity index (χ0v) is 17.8. The van der Waals surface area contributed by atoms with E-state index < -0.39 is 13.9 Å². The maximum atomic E-state index is 11.9. The number of alkyl carbamates (subject to hydrolysis) is 1. The van der Waals surface area contributed by atoms with Crippen molar-refractivity contribution in [3.63, 3.8) is 0 Å². The molecule has 0 rings (SSSR count). The van der Waals surface area contributed by atoms with Gasteiger partial charge in [0.2, 0.25) is 0 Å². The van der Waals surface area contributed by atoms with Gasteiger partial charge in [-0.25, -0.2) is 9.36 Å². The fourth-order valence-corrected chi connectivity index (χ4v) is 2.80. The first-order chi connectivity index (χ1) is 13.1. The van der Waals surface area contributed by atoms with Crippen LogP contribution in [0.25, 0.3) is 0 Å². The molecule has 0 fully saturated rings. The molecule has 28 heavy (non-hydrogen) atoms. The van der Waals surface area contributed by atoms with Crippen molar-refractivity contribution < 1.29 is 37.7 Å². The number of rotatable bonds is 16. The summed E-state index contributed by atoms with van der Waals surface area (Å²) >= 11 is 0. The molecule has 0 atom stereocenters. The number of unbranched alkanes of at least 4 members (excludes halogenated alkanes) is 3. The normalized spacial score (nSPS) is 11.7. The monoisotopic (exact) mass is 421 g/mol. The van der Waals surface area contributed by atoms with Crippen molar-refractivity contribution in [2.24, 2.45) is 0 Å². The summed E-state index contributed by atoms with van der Waals surface area (Å²) in [6.45, 7) is 1.74. The summed E-state index contributed by atoms with van der Waals surface area (Å²) in [6, 6.07) is 0. The zero-order chi connectivity index (χ0) is 21.5. The molecule has 0 saturated carbocycles. The van der Waals surface area contributed by atoms with E-state index in [1.54, 1.807) is 0 Å². The Bertz CT molecular complexity index is 555. The second kappa shape index (κ2) is 14.6. The number of terminal acetylenes is 1. The summed E-state index contributed by atoms with van der Waals surface area (Å²) in [6.07, 6.45) is 9.61. The molecule has 10 heteroatoms. The van der Waals surface area contributed by atoms with Crippen LogP contribution in [-0.2, 0) is 18.6 Å². The van der Waals surface area contributed by atoms with Crippen LogP contribution in [0.2, 0.25) is 0 Å². The highest BCUT2D eigenvalue weighted by Gasteiger charge is 2.19. The number of Topliss-reactive ketones (excluding diaryl/α,β-unsaturated/α-hetero) is 1. The molecule has 0 aliphatic heterocycles. The van der Waals surface area contributed by atoms with E-state index >= 15 is 0 Å². The van der Waals surface area contributed by atoms with Crippen molar-refractivity contribution in [2.45, 2.75) is 44.9 Å². The van der Waals surface area contributed by atoms with Crippen LogP contribution in [-0.4, -0.2) is 73.1 Å². The smallest absolute Gasteiger partial charge is 0.436 e. The van der Waals surface area contributed by atoms with Gasteiger partial charge in [-0.15, -0.1) is 6.42 Å². The Labute approximate surface area is 167 Å². The average molecular weight is 421 g/mol. The van der Waals surface area contributed by atoms with Crippen LogP contribution in [0.1, 0.15) is 44.9 Å². The number of phosphoric acid groups is 1. The summed E-state index contributed by atoms with van der Waals surface area (Å²) in [4.78, 5) is 40.4. The first-order valence-corrected chi connectivity index (χ1v) is 11.0. The largest absolute Gasteiger partial charge is 0.469 e. The fourth-order valence-electron chi connectivity index (χ4n) is 2.48. The summed E-state index contributed by atoms with van der Waals surface area (Å²) in [5.41, 5.74) is 0. The highest BCUT2D eigenvalue weighted by Crippen LogP contribution is 2.35. The molecule has 0 bridgehead atoms. The number of carbonyl (C=O) groups excluding carboxylic acids is 2. The molecule has 0 saturated heterocycles. The molecule has 1 amide bonds. The van der Waals surface area contributed by atoms with E-state index in [9.17, 15) is 14.2 Å². The minimum absolute atomic E-state index is 0.00725. The molecule has 0 aromatic carbocycles. The highest BCUT2D eigenvalue weighted by atomic mass is 31.2. The van der Waals surface area contributed by atoms with Crippen LogP contribution in [0, 0.1) is 12.3 Å². The van der Waals surface area contributed by atoms with Gasteiger partial charge in [-0.05, 0) is 25.7 Å². The van der Waals surface area contributed by atoms with Crippen molar-refractivity contribution in [2.75, 3.05) is 46.9 Å². The van der Waals surface area contributed by atoms with E-state index in [1.807, 2.05) is 14.1 Å². The number of likely N-dealkylation sites (N-methyl/N-ethyl adjacent to an activating group) is 1. The van der Waals surface area contributed by atoms with Crippen LogP contribution in [0.5, 0.6) is 0 Å². The van der Waals surface area contributed by atoms with Crippen molar-refractivity contribution in [1.82, 2.24) is 5.32 Å². The van der Waals surface area contributed by atoms with Crippen LogP contribution in [0.15, 0.2) is 0 Å². The third-order valence-electron chi connectivity index (χ3n) is 4.11. The summed E-state index contributed by atoms with van der Waals surface area (Å²) in [5, 5.41) is 2.59. The van der Waals surface area contributed by atoms with Gasteiger partial charge in [-0.3, -0.25) is 9.32 Å². The third-order valence-corrected chi connectivity index (χ3v) is 4.63. The minimum Gasteiger partial charge on any atom is -0.436 e. The van der Waals surface area contributed by atoms with Crippen molar-refractivity contribution in [1.29, 1.82) is 0 Å². The average Bonchev–Trinajstić information content (AvgIpc) is 2.58. The van der Waals surface area contributed by atoms with Gasteiger partial charge in [0.1, 0.15) is 18.9 Å². The quantitative estimate of drug-likeness (QED) is 0.150. The molecule has 0 aliphatic rings. The molecule has 0 aromatic heterocycles. The predicted octanol–water partition coefficient (Wildman–Crippen LogP) is 1.83. The molecule has 0 spiro atoms. The van der Waals surface area contributed by atoms with E-state index in [2.05, 4.69) is 20.5 Å². The Morgan fingerprint density at radius 1 is 1.07 bits per heavy atom. The first-order valence-electron chi connectivity index (χ1n) is 9.43. The molecule has 0 aromatic rings. The summed E-state index contributed by atoms with van der Waals surface area (Å²) < 4.78 is 20.4. The molecule has 9 nitrogen and oxygen atoms in total. The lowest BCUT2D eigenvalue weighted by Crippen LogP contribution is -2.42. The second-order valence-corrected chi connectivity index (χ2v) is 8.46. The molecule has 0 heterocycles. The van der Waals surface area contributed by atoms with Crippen molar-refractivity contribution in [3.8, 4) is 12.3 Å². The van der Waals surface area contributed by atoms with Gasteiger partial charge in [-0.2, -0.15) is 0 Å². The maximum Gasteiger partial charge on any atom is 0.469 e.